The van der Waals surface area contributed by atoms with Crippen LogP contribution in [0.2, 0.25) is 0 Å². The van der Waals surface area contributed by atoms with E-state index in [1.165, 1.54) is 0 Å². The number of nitrogens with one attached hydrogen (secondary N) is 1. The first-order chi connectivity index (χ1) is 8.81. The summed E-state index contributed by atoms with van der Waals surface area (Å²) in [4.78, 5) is 21.8. The van der Waals surface area contributed by atoms with Crippen molar-refractivity contribution >= 4 is 12.0 Å². The van der Waals surface area contributed by atoms with Crippen molar-refractivity contribution in [2.45, 2.75) is 71.3 Å². The third-order valence-electron chi connectivity index (χ3n) is 2.52. The fraction of sp³-hybridized carbons (Fsp3) is 0.857. The van der Waals surface area contributed by atoms with E-state index in [0.29, 0.717) is 13.0 Å². The van der Waals surface area contributed by atoms with Gasteiger partial charge in [0.05, 0.1) is 0 Å². The highest BCUT2D eigenvalue weighted by Gasteiger charge is 2.15. The van der Waals surface area contributed by atoms with Gasteiger partial charge < -0.3 is 15.8 Å². The summed E-state index contributed by atoms with van der Waals surface area (Å²) in [6.45, 7) is 6.19. The van der Waals surface area contributed by atoms with Crippen molar-refractivity contribution in [1.82, 2.24) is 5.32 Å². The van der Waals surface area contributed by atoms with Gasteiger partial charge in [0.1, 0.15) is 5.60 Å². The first-order valence-corrected chi connectivity index (χ1v) is 7.06. The number of rotatable bonds is 9. The monoisotopic (exact) mass is 272 g/mol. The minimum absolute atomic E-state index is 0.221. The number of primary amides is 1. The Morgan fingerprint density at radius 2 is 1.53 bits per heavy atom. The molecule has 19 heavy (non-hydrogen) atoms. The van der Waals surface area contributed by atoms with Crippen LogP contribution in [0.25, 0.3) is 0 Å². The second-order valence-corrected chi connectivity index (χ2v) is 5.77. The molecule has 0 bridgehead atoms. The maximum Gasteiger partial charge on any atom is 0.407 e. The Labute approximate surface area is 116 Å². The molecule has 5 heteroatoms. The Morgan fingerprint density at radius 1 is 1.00 bits per heavy atom. The molecule has 2 amide bonds. The van der Waals surface area contributed by atoms with Crippen molar-refractivity contribution in [3.63, 3.8) is 0 Å². The zero-order valence-electron chi connectivity index (χ0n) is 12.5. The predicted octanol–water partition coefficient (Wildman–Crippen LogP) is 2.73. The van der Waals surface area contributed by atoms with Gasteiger partial charge in [-0.15, -0.1) is 0 Å². The normalized spacial score (nSPS) is 11.1. The Balaban J connectivity index is 3.27. The molecule has 0 fully saturated rings. The number of ether oxygens (including phenoxy) is 1. The molecule has 0 rings (SSSR count). The molecule has 0 aliphatic rings. The lowest BCUT2D eigenvalue weighted by Gasteiger charge is -2.19. The highest BCUT2D eigenvalue weighted by atomic mass is 16.6. The molecule has 3 N–H and O–H groups in total. The van der Waals surface area contributed by atoms with Crippen LogP contribution >= 0.6 is 0 Å². The van der Waals surface area contributed by atoms with Crippen LogP contribution in [0.3, 0.4) is 0 Å². The van der Waals surface area contributed by atoms with Crippen LogP contribution < -0.4 is 11.1 Å². The summed E-state index contributed by atoms with van der Waals surface area (Å²) in [5.41, 5.74) is 4.61. The first-order valence-electron chi connectivity index (χ1n) is 7.06. The fourth-order valence-corrected chi connectivity index (χ4v) is 1.64. The molecule has 0 aromatic carbocycles. The van der Waals surface area contributed by atoms with Crippen LogP contribution in [-0.4, -0.2) is 24.1 Å². The van der Waals surface area contributed by atoms with Crippen molar-refractivity contribution in [3.05, 3.63) is 0 Å². The molecular weight excluding hydrogens is 244 g/mol. The molecule has 0 aromatic heterocycles. The smallest absolute Gasteiger partial charge is 0.407 e. The summed E-state index contributed by atoms with van der Waals surface area (Å²) in [7, 11) is 0. The van der Waals surface area contributed by atoms with Crippen molar-refractivity contribution in [3.8, 4) is 0 Å². The van der Waals surface area contributed by atoms with Gasteiger partial charge in [0.2, 0.25) is 5.91 Å². The molecule has 112 valence electrons. The summed E-state index contributed by atoms with van der Waals surface area (Å²) in [6.07, 6.45) is 6.32. The van der Waals surface area contributed by atoms with E-state index in [1.54, 1.807) is 0 Å². The molecule has 0 spiro atoms. The van der Waals surface area contributed by atoms with Crippen molar-refractivity contribution < 1.29 is 14.3 Å². The number of amides is 2. The Morgan fingerprint density at radius 3 is 2.05 bits per heavy atom. The average molecular weight is 272 g/mol. The Bertz CT molecular complexity index is 272. The van der Waals surface area contributed by atoms with E-state index in [9.17, 15) is 9.59 Å². The van der Waals surface area contributed by atoms with Crippen LogP contribution in [-0.2, 0) is 9.53 Å². The highest BCUT2D eigenvalue weighted by Crippen LogP contribution is 2.08. The zero-order chi connectivity index (χ0) is 14.7. The predicted molar refractivity (Wildman–Crippen MR) is 75.8 cm³/mol. The summed E-state index contributed by atoms with van der Waals surface area (Å²) in [6, 6.07) is 0. The van der Waals surface area contributed by atoms with Crippen molar-refractivity contribution in [2.75, 3.05) is 6.54 Å². The van der Waals surface area contributed by atoms with E-state index in [1.807, 2.05) is 20.8 Å². The molecule has 0 atom stereocenters. The van der Waals surface area contributed by atoms with Gasteiger partial charge in [-0.1, -0.05) is 25.7 Å². The van der Waals surface area contributed by atoms with E-state index in [-0.39, 0.29) is 12.0 Å². The first kappa shape index (κ1) is 17.7. The summed E-state index contributed by atoms with van der Waals surface area (Å²) in [5.74, 6) is -0.221. The number of hydrogen-bond acceptors (Lipinski definition) is 3. The number of nitrogens with two attached hydrogens (primary N) is 1. The van der Waals surface area contributed by atoms with E-state index in [2.05, 4.69) is 5.32 Å². The van der Waals surface area contributed by atoms with Gasteiger partial charge >= 0.3 is 6.09 Å². The standard InChI is InChI=1S/C14H28N2O3/c1-14(2,3)19-13(18)16-11-9-7-5-4-6-8-10-12(15)17/h4-11H2,1-3H3,(H2,15,17)(H,16,18). The van der Waals surface area contributed by atoms with Crippen LogP contribution in [0.4, 0.5) is 4.79 Å². The minimum Gasteiger partial charge on any atom is -0.444 e. The zero-order valence-corrected chi connectivity index (χ0v) is 12.5. The van der Waals surface area contributed by atoms with Gasteiger partial charge in [0, 0.05) is 13.0 Å². The van der Waals surface area contributed by atoms with E-state index in [4.69, 9.17) is 10.5 Å². The number of hydrogen-bond donors (Lipinski definition) is 2. The second kappa shape index (κ2) is 9.64. The molecule has 0 aliphatic carbocycles. The highest BCUT2D eigenvalue weighted by molar-refractivity contribution is 5.73. The molecule has 0 aromatic rings. The number of unbranched alkanes of at least 4 members (excludes halogenated alkanes) is 5. The second-order valence-electron chi connectivity index (χ2n) is 5.77. The molecule has 0 heterocycles. The van der Waals surface area contributed by atoms with Crippen molar-refractivity contribution in [2.24, 2.45) is 5.73 Å². The number of alkyl carbamates (subject to hydrolysis) is 1. The van der Waals surface area contributed by atoms with Crippen LogP contribution in [0.15, 0.2) is 0 Å². The molecular formula is C14H28N2O3. The average Bonchev–Trinajstić information content (AvgIpc) is 2.24. The minimum atomic E-state index is -0.440. The van der Waals surface area contributed by atoms with E-state index < -0.39 is 5.60 Å². The third kappa shape index (κ3) is 14.7. The lowest BCUT2D eigenvalue weighted by atomic mass is 10.1. The number of carbonyl (C=O) groups is 2. The third-order valence-corrected chi connectivity index (χ3v) is 2.52. The van der Waals surface area contributed by atoms with E-state index in [0.717, 1.165) is 38.5 Å². The van der Waals surface area contributed by atoms with E-state index >= 15 is 0 Å². The van der Waals surface area contributed by atoms with Gasteiger partial charge in [0.25, 0.3) is 0 Å². The largest absolute Gasteiger partial charge is 0.444 e. The van der Waals surface area contributed by atoms with Crippen LogP contribution in [0, 0.1) is 0 Å². The van der Waals surface area contributed by atoms with Gasteiger partial charge in [-0.05, 0) is 33.6 Å². The summed E-state index contributed by atoms with van der Waals surface area (Å²) >= 11 is 0. The lowest BCUT2D eigenvalue weighted by molar-refractivity contribution is -0.118. The van der Waals surface area contributed by atoms with Gasteiger partial charge in [0.15, 0.2) is 0 Å². The van der Waals surface area contributed by atoms with Crippen molar-refractivity contribution in [1.29, 1.82) is 0 Å². The summed E-state index contributed by atoms with van der Waals surface area (Å²) < 4.78 is 5.13. The molecule has 0 saturated carbocycles. The fourth-order valence-electron chi connectivity index (χ4n) is 1.64. The Kier molecular flexibility index (Phi) is 9.00. The van der Waals surface area contributed by atoms with Gasteiger partial charge in [-0.25, -0.2) is 4.79 Å². The maximum absolute atomic E-state index is 11.3. The van der Waals surface area contributed by atoms with Crippen LogP contribution in [0.1, 0.15) is 65.7 Å². The topological polar surface area (TPSA) is 81.4 Å². The quantitative estimate of drug-likeness (QED) is 0.633. The Hall–Kier alpha value is -1.26. The molecule has 5 nitrogen and oxygen atoms in total. The molecule has 0 aliphatic heterocycles. The van der Waals surface area contributed by atoms with Gasteiger partial charge in [-0.3, -0.25) is 4.79 Å². The molecule has 0 radical (unpaired) electrons. The maximum atomic E-state index is 11.3. The van der Waals surface area contributed by atoms with Crippen LogP contribution in [0.5, 0.6) is 0 Å². The van der Waals surface area contributed by atoms with Gasteiger partial charge in [-0.2, -0.15) is 0 Å². The molecule has 0 unspecified atom stereocenters. The summed E-state index contributed by atoms with van der Waals surface area (Å²) in [5, 5.41) is 2.73. The number of carbonyl (C=O) groups excluding carboxylic acids is 2. The SMILES string of the molecule is CC(C)(C)OC(=O)NCCCCCCCCC(N)=O. The molecule has 0 saturated heterocycles. The lowest BCUT2D eigenvalue weighted by Crippen LogP contribution is -2.32.